The number of nitrogens with one attached hydrogen (secondary N) is 1. The van der Waals surface area contributed by atoms with Crippen molar-refractivity contribution in [2.75, 3.05) is 0 Å². The van der Waals surface area contributed by atoms with Crippen LogP contribution in [0.25, 0.3) is 10.9 Å². The highest BCUT2D eigenvalue weighted by Crippen LogP contribution is 2.17. The van der Waals surface area contributed by atoms with E-state index >= 15 is 0 Å². The zero-order chi connectivity index (χ0) is 8.55. The van der Waals surface area contributed by atoms with E-state index < -0.39 is 0 Å². The molecule has 0 bridgehead atoms. The fourth-order valence-electron chi connectivity index (χ4n) is 1.30. The standard InChI is InChI=1S/C9H8N2O/c1-6-7(5-12)2-3-9-8(6)4-10-11-9/h2-5H,1H3,(H,10,11). The first kappa shape index (κ1) is 7.03. The van der Waals surface area contributed by atoms with Gasteiger partial charge in [0, 0.05) is 10.9 Å². The molecule has 0 radical (unpaired) electrons. The summed E-state index contributed by atoms with van der Waals surface area (Å²) in [5, 5.41) is 7.76. The average Bonchev–Trinajstić information content (AvgIpc) is 2.53. The van der Waals surface area contributed by atoms with E-state index in [4.69, 9.17) is 0 Å². The molecule has 0 spiro atoms. The molecule has 60 valence electrons. The number of nitrogens with zero attached hydrogens (tertiary/aromatic N) is 1. The summed E-state index contributed by atoms with van der Waals surface area (Å²) < 4.78 is 0. The van der Waals surface area contributed by atoms with Crippen molar-refractivity contribution in [3.05, 3.63) is 29.5 Å². The van der Waals surface area contributed by atoms with Crippen molar-refractivity contribution in [1.29, 1.82) is 0 Å². The van der Waals surface area contributed by atoms with Crippen LogP contribution in [-0.4, -0.2) is 16.5 Å². The number of rotatable bonds is 1. The molecule has 0 saturated carbocycles. The fraction of sp³-hybridized carbons (Fsp3) is 0.111. The van der Waals surface area contributed by atoms with Gasteiger partial charge in [-0.1, -0.05) is 0 Å². The highest BCUT2D eigenvalue weighted by Gasteiger charge is 2.02. The Labute approximate surface area is 69.4 Å². The van der Waals surface area contributed by atoms with Gasteiger partial charge in [0.15, 0.2) is 0 Å². The number of benzene rings is 1. The number of aromatic amines is 1. The number of aldehydes is 1. The van der Waals surface area contributed by atoms with Crippen molar-refractivity contribution >= 4 is 17.2 Å². The van der Waals surface area contributed by atoms with Crippen LogP contribution in [0.2, 0.25) is 0 Å². The molecule has 1 N–H and O–H groups in total. The first-order valence-electron chi connectivity index (χ1n) is 3.71. The van der Waals surface area contributed by atoms with E-state index in [9.17, 15) is 4.79 Å². The number of fused-ring (bicyclic) bond motifs is 1. The molecule has 0 atom stereocenters. The van der Waals surface area contributed by atoms with E-state index in [2.05, 4.69) is 10.2 Å². The number of H-pyrrole nitrogens is 1. The first-order valence-corrected chi connectivity index (χ1v) is 3.71. The fourth-order valence-corrected chi connectivity index (χ4v) is 1.30. The molecule has 2 rings (SSSR count). The minimum atomic E-state index is 0.726. The minimum Gasteiger partial charge on any atom is -0.298 e. The number of hydrogen-bond donors (Lipinski definition) is 1. The summed E-state index contributed by atoms with van der Waals surface area (Å²) in [6.45, 7) is 1.92. The maximum absolute atomic E-state index is 10.6. The molecule has 1 heterocycles. The lowest BCUT2D eigenvalue weighted by molar-refractivity contribution is 0.112. The lowest BCUT2D eigenvalue weighted by Gasteiger charge is -1.97. The lowest BCUT2D eigenvalue weighted by atomic mass is 10.1. The molecule has 0 aliphatic rings. The summed E-state index contributed by atoms with van der Waals surface area (Å²) in [6, 6.07) is 3.65. The third-order valence-corrected chi connectivity index (χ3v) is 2.06. The van der Waals surface area contributed by atoms with E-state index in [0.29, 0.717) is 0 Å². The van der Waals surface area contributed by atoms with Gasteiger partial charge in [0.25, 0.3) is 0 Å². The Morgan fingerprint density at radius 1 is 1.50 bits per heavy atom. The van der Waals surface area contributed by atoms with Gasteiger partial charge in [0.1, 0.15) is 6.29 Å². The van der Waals surface area contributed by atoms with Gasteiger partial charge in [0.2, 0.25) is 0 Å². The quantitative estimate of drug-likeness (QED) is 0.645. The highest BCUT2D eigenvalue weighted by atomic mass is 16.1. The van der Waals surface area contributed by atoms with Crippen LogP contribution < -0.4 is 0 Å². The summed E-state index contributed by atoms with van der Waals surface area (Å²) >= 11 is 0. The molecule has 0 saturated heterocycles. The van der Waals surface area contributed by atoms with Gasteiger partial charge in [-0.05, 0) is 24.6 Å². The number of aromatic nitrogens is 2. The lowest BCUT2D eigenvalue weighted by Crippen LogP contribution is -1.85. The predicted octanol–water partition coefficient (Wildman–Crippen LogP) is 1.68. The number of hydrogen-bond acceptors (Lipinski definition) is 2. The van der Waals surface area contributed by atoms with Crippen molar-refractivity contribution in [2.45, 2.75) is 6.92 Å². The highest BCUT2D eigenvalue weighted by molar-refractivity contribution is 5.90. The molecule has 0 unspecified atom stereocenters. The SMILES string of the molecule is Cc1c(C=O)ccc2[nH]ncc12. The molecule has 3 heteroatoms. The van der Waals surface area contributed by atoms with Crippen molar-refractivity contribution in [2.24, 2.45) is 0 Å². The molecular formula is C9H8N2O. The summed E-state index contributed by atoms with van der Waals surface area (Å²) in [5.74, 6) is 0. The van der Waals surface area contributed by atoms with Gasteiger partial charge in [-0.25, -0.2) is 0 Å². The molecule has 0 aliphatic carbocycles. The summed E-state index contributed by atoms with van der Waals surface area (Å²) in [4.78, 5) is 10.6. The third-order valence-electron chi connectivity index (χ3n) is 2.06. The zero-order valence-electron chi connectivity index (χ0n) is 6.66. The van der Waals surface area contributed by atoms with E-state index in [0.717, 1.165) is 28.3 Å². The maximum Gasteiger partial charge on any atom is 0.150 e. The van der Waals surface area contributed by atoms with E-state index in [-0.39, 0.29) is 0 Å². The summed E-state index contributed by atoms with van der Waals surface area (Å²) in [5.41, 5.74) is 2.68. The normalized spacial score (nSPS) is 10.4. The van der Waals surface area contributed by atoms with E-state index in [1.54, 1.807) is 12.3 Å². The van der Waals surface area contributed by atoms with Crippen LogP contribution in [0.4, 0.5) is 0 Å². The monoisotopic (exact) mass is 160 g/mol. The number of carbonyl (C=O) groups is 1. The molecule has 2 aromatic rings. The molecule has 0 aliphatic heterocycles. The second-order valence-corrected chi connectivity index (χ2v) is 2.73. The molecule has 1 aromatic heterocycles. The first-order chi connectivity index (χ1) is 5.83. The van der Waals surface area contributed by atoms with Crippen molar-refractivity contribution in [3.8, 4) is 0 Å². The predicted molar refractivity (Wildman–Crippen MR) is 46.2 cm³/mol. The molecule has 0 amide bonds. The van der Waals surface area contributed by atoms with Gasteiger partial charge < -0.3 is 0 Å². The van der Waals surface area contributed by atoms with Gasteiger partial charge in [-0.2, -0.15) is 5.10 Å². The number of aryl methyl sites for hydroxylation is 1. The molecule has 0 fully saturated rings. The Balaban J connectivity index is 2.86. The Morgan fingerprint density at radius 2 is 2.33 bits per heavy atom. The zero-order valence-corrected chi connectivity index (χ0v) is 6.66. The van der Waals surface area contributed by atoms with Crippen LogP contribution in [0.1, 0.15) is 15.9 Å². The molecule has 3 nitrogen and oxygen atoms in total. The Morgan fingerprint density at radius 3 is 3.08 bits per heavy atom. The van der Waals surface area contributed by atoms with Crippen LogP contribution in [-0.2, 0) is 0 Å². The summed E-state index contributed by atoms with van der Waals surface area (Å²) in [6.07, 6.45) is 2.60. The van der Waals surface area contributed by atoms with E-state index in [1.165, 1.54) is 0 Å². The average molecular weight is 160 g/mol. The molecular weight excluding hydrogens is 152 g/mol. The van der Waals surface area contributed by atoms with Crippen LogP contribution in [0.15, 0.2) is 18.3 Å². The van der Waals surface area contributed by atoms with Gasteiger partial charge in [0.05, 0.1) is 11.7 Å². The third kappa shape index (κ3) is 0.830. The topological polar surface area (TPSA) is 45.8 Å². The van der Waals surface area contributed by atoms with Gasteiger partial charge in [-0.15, -0.1) is 0 Å². The second-order valence-electron chi connectivity index (χ2n) is 2.73. The molecule has 1 aromatic carbocycles. The van der Waals surface area contributed by atoms with Crippen LogP contribution in [0, 0.1) is 6.92 Å². The van der Waals surface area contributed by atoms with Gasteiger partial charge >= 0.3 is 0 Å². The molecule has 12 heavy (non-hydrogen) atoms. The van der Waals surface area contributed by atoms with Crippen LogP contribution in [0.5, 0.6) is 0 Å². The maximum atomic E-state index is 10.6. The Bertz CT molecular complexity index is 431. The van der Waals surface area contributed by atoms with Gasteiger partial charge in [-0.3, -0.25) is 9.89 Å². The van der Waals surface area contributed by atoms with Crippen molar-refractivity contribution in [1.82, 2.24) is 10.2 Å². The number of carbonyl (C=O) groups excluding carboxylic acids is 1. The minimum absolute atomic E-state index is 0.726. The van der Waals surface area contributed by atoms with Crippen LogP contribution >= 0.6 is 0 Å². The smallest absolute Gasteiger partial charge is 0.150 e. The summed E-state index contributed by atoms with van der Waals surface area (Å²) in [7, 11) is 0. The second kappa shape index (κ2) is 2.44. The van der Waals surface area contributed by atoms with Crippen molar-refractivity contribution < 1.29 is 4.79 Å². The largest absolute Gasteiger partial charge is 0.298 e. The Kier molecular flexibility index (Phi) is 1.43. The van der Waals surface area contributed by atoms with Crippen molar-refractivity contribution in [3.63, 3.8) is 0 Å². The van der Waals surface area contributed by atoms with Crippen LogP contribution in [0.3, 0.4) is 0 Å². The Hall–Kier alpha value is -1.64. The van der Waals surface area contributed by atoms with E-state index in [1.807, 2.05) is 13.0 Å².